The molecule has 0 unspecified atom stereocenters. The van der Waals surface area contributed by atoms with E-state index in [0.717, 1.165) is 22.5 Å². The van der Waals surface area contributed by atoms with E-state index in [0.29, 0.717) is 0 Å². The second-order valence-electron chi connectivity index (χ2n) is 4.99. The lowest BCUT2D eigenvalue weighted by molar-refractivity contribution is 0.412. The number of ether oxygens (including phenoxy) is 1. The van der Waals surface area contributed by atoms with Gasteiger partial charge < -0.3 is 14.6 Å². The van der Waals surface area contributed by atoms with Crippen LogP contribution in [0.4, 0.5) is 5.69 Å². The fourth-order valence-electron chi connectivity index (χ4n) is 2.54. The molecule has 108 valence electrons. The van der Waals surface area contributed by atoms with Gasteiger partial charge in [0.25, 0.3) is 0 Å². The van der Waals surface area contributed by atoms with Gasteiger partial charge in [0.05, 0.1) is 11.6 Å². The van der Waals surface area contributed by atoms with Gasteiger partial charge in [0.1, 0.15) is 5.75 Å². The molecular weight excluding hydrogens is 328 g/mol. The molecule has 3 aromatic rings. The zero-order chi connectivity index (χ0) is 14.8. The van der Waals surface area contributed by atoms with Crippen LogP contribution in [-0.2, 0) is 13.6 Å². The topological polar surface area (TPSA) is 26.2 Å². The minimum absolute atomic E-state index is 0.792. The minimum Gasteiger partial charge on any atom is -0.496 e. The first-order valence-electron chi connectivity index (χ1n) is 6.79. The van der Waals surface area contributed by atoms with Crippen LogP contribution in [0.3, 0.4) is 0 Å². The number of aromatic nitrogens is 1. The minimum atomic E-state index is 0.792. The summed E-state index contributed by atoms with van der Waals surface area (Å²) in [6, 6.07) is 14.5. The summed E-state index contributed by atoms with van der Waals surface area (Å²) in [5.41, 5.74) is 3.61. The fourth-order valence-corrected chi connectivity index (χ4v) is 3.08. The summed E-state index contributed by atoms with van der Waals surface area (Å²) in [5, 5.41) is 4.75. The van der Waals surface area contributed by atoms with Gasteiger partial charge in [-0.05, 0) is 45.8 Å². The quantitative estimate of drug-likeness (QED) is 0.750. The molecular formula is C17H17BrN2O. The second-order valence-corrected chi connectivity index (χ2v) is 5.84. The van der Waals surface area contributed by atoms with Crippen molar-refractivity contribution in [3.63, 3.8) is 0 Å². The van der Waals surface area contributed by atoms with E-state index < -0.39 is 0 Å². The molecule has 1 N–H and O–H groups in total. The number of para-hydroxylation sites is 1. The Balaban J connectivity index is 1.82. The number of halogens is 1. The molecule has 0 bridgehead atoms. The van der Waals surface area contributed by atoms with E-state index in [1.54, 1.807) is 7.11 Å². The average molecular weight is 345 g/mol. The molecule has 21 heavy (non-hydrogen) atoms. The molecule has 0 spiro atoms. The first-order valence-corrected chi connectivity index (χ1v) is 7.58. The number of rotatable bonds is 4. The number of methoxy groups -OCH3 is 1. The van der Waals surface area contributed by atoms with Gasteiger partial charge in [-0.1, -0.05) is 18.2 Å². The van der Waals surface area contributed by atoms with E-state index >= 15 is 0 Å². The lowest BCUT2D eigenvalue weighted by atomic mass is 10.2. The molecule has 2 aromatic carbocycles. The third kappa shape index (κ3) is 2.76. The van der Waals surface area contributed by atoms with Crippen molar-refractivity contribution in [3.8, 4) is 5.75 Å². The first kappa shape index (κ1) is 14.0. The maximum absolute atomic E-state index is 5.25. The van der Waals surface area contributed by atoms with Gasteiger partial charge in [0.15, 0.2) is 0 Å². The van der Waals surface area contributed by atoms with Gasteiger partial charge in [-0.2, -0.15) is 0 Å². The second kappa shape index (κ2) is 5.82. The fraction of sp³-hybridized carbons (Fsp3) is 0.176. The number of aryl methyl sites for hydroxylation is 1. The van der Waals surface area contributed by atoms with Gasteiger partial charge in [-0.3, -0.25) is 0 Å². The monoisotopic (exact) mass is 344 g/mol. The standard InChI is InChI=1S/C17H17BrN2O/c1-20-11-12(14-5-3-4-6-16(14)20)10-19-13-7-8-17(21-2)15(18)9-13/h3-9,11,19H,10H2,1-2H3. The summed E-state index contributed by atoms with van der Waals surface area (Å²) in [6.45, 7) is 0.792. The van der Waals surface area contributed by atoms with Crippen LogP contribution in [0.1, 0.15) is 5.56 Å². The molecule has 0 aliphatic carbocycles. The highest BCUT2D eigenvalue weighted by Gasteiger charge is 2.06. The molecule has 0 fully saturated rings. The van der Waals surface area contributed by atoms with E-state index in [-0.39, 0.29) is 0 Å². The summed E-state index contributed by atoms with van der Waals surface area (Å²) < 4.78 is 8.36. The molecule has 3 rings (SSSR count). The molecule has 0 saturated carbocycles. The van der Waals surface area contributed by atoms with Crippen LogP contribution in [0.5, 0.6) is 5.75 Å². The molecule has 4 heteroatoms. The number of nitrogens with one attached hydrogen (secondary N) is 1. The summed E-state index contributed by atoms with van der Waals surface area (Å²) in [4.78, 5) is 0. The number of fused-ring (bicyclic) bond motifs is 1. The Bertz CT molecular complexity index is 780. The number of anilines is 1. The molecule has 1 aromatic heterocycles. The van der Waals surface area contributed by atoms with Crippen molar-refractivity contribution >= 4 is 32.5 Å². The molecule has 0 aliphatic heterocycles. The van der Waals surface area contributed by atoms with Gasteiger partial charge in [0, 0.05) is 36.4 Å². The first-order chi connectivity index (χ1) is 10.2. The lowest BCUT2D eigenvalue weighted by Crippen LogP contribution is -1.99. The zero-order valence-electron chi connectivity index (χ0n) is 12.1. The smallest absolute Gasteiger partial charge is 0.133 e. The molecule has 0 aliphatic rings. The van der Waals surface area contributed by atoms with E-state index in [9.17, 15) is 0 Å². The van der Waals surface area contributed by atoms with Crippen molar-refractivity contribution in [3.05, 3.63) is 58.7 Å². The molecule has 0 saturated heterocycles. The van der Waals surface area contributed by atoms with Crippen LogP contribution in [0, 0.1) is 0 Å². The van der Waals surface area contributed by atoms with Crippen molar-refractivity contribution in [1.29, 1.82) is 0 Å². The highest BCUT2D eigenvalue weighted by Crippen LogP contribution is 2.28. The predicted octanol–water partition coefficient (Wildman–Crippen LogP) is 4.56. The summed E-state index contributed by atoms with van der Waals surface area (Å²) in [6.07, 6.45) is 2.18. The number of benzene rings is 2. The third-order valence-corrected chi connectivity index (χ3v) is 4.23. The van der Waals surface area contributed by atoms with Crippen LogP contribution >= 0.6 is 15.9 Å². The van der Waals surface area contributed by atoms with Gasteiger partial charge in [0.2, 0.25) is 0 Å². The van der Waals surface area contributed by atoms with Crippen molar-refractivity contribution in [2.75, 3.05) is 12.4 Å². The number of hydrogen-bond acceptors (Lipinski definition) is 2. The SMILES string of the molecule is COc1ccc(NCc2cn(C)c3ccccc23)cc1Br. The van der Waals surface area contributed by atoms with Crippen LogP contribution in [0.15, 0.2) is 53.1 Å². The highest BCUT2D eigenvalue weighted by molar-refractivity contribution is 9.10. The van der Waals surface area contributed by atoms with Gasteiger partial charge >= 0.3 is 0 Å². The Morgan fingerprint density at radius 2 is 2.00 bits per heavy atom. The number of hydrogen-bond donors (Lipinski definition) is 1. The summed E-state index contributed by atoms with van der Waals surface area (Å²) in [7, 11) is 3.75. The van der Waals surface area contributed by atoms with Gasteiger partial charge in [-0.25, -0.2) is 0 Å². The van der Waals surface area contributed by atoms with Crippen molar-refractivity contribution in [1.82, 2.24) is 4.57 Å². The highest BCUT2D eigenvalue weighted by atomic mass is 79.9. The molecule has 0 amide bonds. The zero-order valence-corrected chi connectivity index (χ0v) is 13.6. The molecule has 0 atom stereocenters. The Morgan fingerprint density at radius 3 is 2.76 bits per heavy atom. The van der Waals surface area contributed by atoms with Crippen LogP contribution < -0.4 is 10.1 Å². The van der Waals surface area contributed by atoms with Gasteiger partial charge in [-0.15, -0.1) is 0 Å². The Hall–Kier alpha value is -1.94. The Morgan fingerprint density at radius 1 is 1.19 bits per heavy atom. The van der Waals surface area contributed by atoms with E-state index in [4.69, 9.17) is 4.74 Å². The maximum atomic E-state index is 5.25. The Kier molecular flexibility index (Phi) is 3.88. The molecule has 0 radical (unpaired) electrons. The van der Waals surface area contributed by atoms with E-state index in [1.807, 2.05) is 18.2 Å². The van der Waals surface area contributed by atoms with E-state index in [1.165, 1.54) is 16.5 Å². The predicted molar refractivity (Wildman–Crippen MR) is 90.9 cm³/mol. The lowest BCUT2D eigenvalue weighted by Gasteiger charge is -2.08. The molecule has 3 nitrogen and oxygen atoms in total. The van der Waals surface area contributed by atoms with E-state index in [2.05, 4.69) is 63.3 Å². The Labute approximate surface area is 132 Å². The van der Waals surface area contributed by atoms with Crippen molar-refractivity contribution < 1.29 is 4.74 Å². The number of nitrogens with zero attached hydrogens (tertiary/aromatic N) is 1. The third-order valence-electron chi connectivity index (χ3n) is 3.61. The summed E-state index contributed by atoms with van der Waals surface area (Å²) in [5.74, 6) is 0.839. The normalized spacial score (nSPS) is 10.8. The van der Waals surface area contributed by atoms with Crippen LogP contribution in [0.2, 0.25) is 0 Å². The van der Waals surface area contributed by atoms with Crippen molar-refractivity contribution in [2.24, 2.45) is 7.05 Å². The van der Waals surface area contributed by atoms with Crippen molar-refractivity contribution in [2.45, 2.75) is 6.54 Å². The summed E-state index contributed by atoms with van der Waals surface area (Å²) >= 11 is 3.51. The van der Waals surface area contributed by atoms with Crippen LogP contribution in [-0.4, -0.2) is 11.7 Å². The maximum Gasteiger partial charge on any atom is 0.133 e. The average Bonchev–Trinajstić information content (AvgIpc) is 2.82. The largest absolute Gasteiger partial charge is 0.496 e. The van der Waals surface area contributed by atoms with Crippen LogP contribution in [0.25, 0.3) is 10.9 Å². The molecule has 1 heterocycles.